The summed E-state index contributed by atoms with van der Waals surface area (Å²) in [7, 11) is 0. The highest BCUT2D eigenvalue weighted by Gasteiger charge is 2.53. The van der Waals surface area contributed by atoms with Gasteiger partial charge in [0, 0.05) is 50.6 Å². The van der Waals surface area contributed by atoms with Crippen molar-refractivity contribution in [3.8, 4) is 0 Å². The fourth-order valence-corrected chi connectivity index (χ4v) is 6.64. The van der Waals surface area contributed by atoms with E-state index in [2.05, 4.69) is 57.0 Å². The molecule has 2 amide bonds. The minimum Gasteiger partial charge on any atom is -0.367 e. The topological polar surface area (TPSA) is 74.6 Å². The summed E-state index contributed by atoms with van der Waals surface area (Å²) in [6.07, 6.45) is 6.16. The van der Waals surface area contributed by atoms with Crippen LogP contribution in [0.2, 0.25) is 0 Å². The average molecular weight is 535 g/mol. The summed E-state index contributed by atoms with van der Waals surface area (Å²) in [5.74, 6) is 0.351. The molecule has 1 unspecified atom stereocenters. The van der Waals surface area contributed by atoms with E-state index in [-0.39, 0.29) is 29.8 Å². The zero-order valence-corrected chi connectivity index (χ0v) is 22.9. The maximum atomic E-state index is 13.8. The molecular weight excluding hydrogens is 500 g/mol. The SMILES string of the molecule is CC1CN(c2cccc3c2CN(C(=O)C2(c4ccccc4)CC2)CC3)CCN1C(=O)Cn1cnc2cccnc21. The Balaban J connectivity index is 1.06. The maximum Gasteiger partial charge on any atom is 0.242 e. The summed E-state index contributed by atoms with van der Waals surface area (Å²) in [6.45, 7) is 5.94. The van der Waals surface area contributed by atoms with E-state index in [0.717, 1.165) is 55.6 Å². The molecule has 8 heteroatoms. The number of carbonyl (C=O) groups excluding carboxylic acids is 2. The molecule has 204 valence electrons. The molecule has 1 aliphatic carbocycles. The molecule has 0 spiro atoms. The van der Waals surface area contributed by atoms with E-state index in [1.807, 2.05) is 39.8 Å². The van der Waals surface area contributed by atoms with Crippen molar-refractivity contribution in [3.63, 3.8) is 0 Å². The number of pyridine rings is 1. The third-order valence-corrected chi connectivity index (χ3v) is 8.99. The molecule has 2 aliphatic heterocycles. The summed E-state index contributed by atoms with van der Waals surface area (Å²) in [6, 6.07) is 20.6. The number of amides is 2. The number of nitrogens with zero attached hydrogens (tertiary/aromatic N) is 6. The van der Waals surface area contributed by atoms with Gasteiger partial charge in [-0.25, -0.2) is 9.97 Å². The molecule has 1 saturated heterocycles. The summed E-state index contributed by atoms with van der Waals surface area (Å²) in [5.41, 5.74) is 6.12. The van der Waals surface area contributed by atoms with Gasteiger partial charge in [0.15, 0.2) is 5.65 Å². The Morgan fingerprint density at radius 3 is 2.60 bits per heavy atom. The second kappa shape index (κ2) is 9.77. The molecule has 1 saturated carbocycles. The number of hydrogen-bond donors (Lipinski definition) is 0. The maximum absolute atomic E-state index is 13.8. The molecule has 2 aromatic carbocycles. The molecule has 4 heterocycles. The third-order valence-electron chi connectivity index (χ3n) is 8.99. The number of imidazole rings is 1. The molecule has 2 aromatic heterocycles. The molecule has 40 heavy (non-hydrogen) atoms. The van der Waals surface area contributed by atoms with Crippen LogP contribution in [0.25, 0.3) is 11.2 Å². The zero-order valence-electron chi connectivity index (χ0n) is 22.9. The van der Waals surface area contributed by atoms with Crippen LogP contribution < -0.4 is 4.90 Å². The van der Waals surface area contributed by atoms with Crippen molar-refractivity contribution >= 4 is 28.7 Å². The van der Waals surface area contributed by atoms with Crippen molar-refractivity contribution < 1.29 is 9.59 Å². The van der Waals surface area contributed by atoms with Gasteiger partial charge >= 0.3 is 0 Å². The van der Waals surface area contributed by atoms with Crippen LogP contribution in [0.4, 0.5) is 5.69 Å². The van der Waals surface area contributed by atoms with E-state index < -0.39 is 0 Å². The minimum atomic E-state index is -0.343. The van der Waals surface area contributed by atoms with Gasteiger partial charge in [-0.05, 0) is 61.1 Å². The number of benzene rings is 2. The molecule has 8 nitrogen and oxygen atoms in total. The van der Waals surface area contributed by atoms with Crippen molar-refractivity contribution in [1.29, 1.82) is 0 Å². The Bertz CT molecular complexity index is 1580. The molecule has 2 fully saturated rings. The van der Waals surface area contributed by atoms with Gasteiger partial charge in [0.25, 0.3) is 0 Å². The van der Waals surface area contributed by atoms with Crippen molar-refractivity contribution in [2.45, 2.75) is 50.7 Å². The van der Waals surface area contributed by atoms with Crippen LogP contribution in [0.3, 0.4) is 0 Å². The second-order valence-corrected chi connectivity index (χ2v) is 11.4. The lowest BCUT2D eigenvalue weighted by Crippen LogP contribution is -2.55. The van der Waals surface area contributed by atoms with Crippen LogP contribution >= 0.6 is 0 Å². The predicted octanol–water partition coefficient (Wildman–Crippen LogP) is 3.79. The van der Waals surface area contributed by atoms with E-state index in [4.69, 9.17) is 0 Å². The monoisotopic (exact) mass is 534 g/mol. The Hall–Kier alpha value is -4.20. The van der Waals surface area contributed by atoms with Gasteiger partial charge in [0.2, 0.25) is 11.8 Å². The van der Waals surface area contributed by atoms with Crippen molar-refractivity contribution in [3.05, 3.63) is 89.9 Å². The summed E-state index contributed by atoms with van der Waals surface area (Å²) >= 11 is 0. The Kier molecular flexibility index (Phi) is 6.06. The molecular formula is C32H34N6O2. The number of rotatable bonds is 5. The molecule has 3 aliphatic rings. The first-order chi connectivity index (χ1) is 19.5. The molecule has 1 atom stereocenters. The van der Waals surface area contributed by atoms with Crippen molar-refractivity contribution in [2.24, 2.45) is 0 Å². The number of anilines is 1. The smallest absolute Gasteiger partial charge is 0.242 e. The molecule has 7 rings (SSSR count). The van der Waals surface area contributed by atoms with Gasteiger partial charge in [-0.3, -0.25) is 9.59 Å². The number of carbonyl (C=O) groups is 2. The zero-order chi connectivity index (χ0) is 27.3. The van der Waals surface area contributed by atoms with Crippen molar-refractivity contribution in [2.75, 3.05) is 31.1 Å². The van der Waals surface area contributed by atoms with Gasteiger partial charge in [0.1, 0.15) is 12.1 Å². The van der Waals surface area contributed by atoms with E-state index in [0.29, 0.717) is 13.1 Å². The van der Waals surface area contributed by atoms with Crippen LogP contribution in [-0.4, -0.2) is 68.4 Å². The summed E-state index contributed by atoms with van der Waals surface area (Å²) in [5, 5.41) is 0. The summed E-state index contributed by atoms with van der Waals surface area (Å²) in [4.78, 5) is 42.4. The quantitative estimate of drug-likeness (QED) is 0.390. The van der Waals surface area contributed by atoms with E-state index in [1.54, 1.807) is 12.5 Å². The van der Waals surface area contributed by atoms with E-state index >= 15 is 0 Å². The Morgan fingerprint density at radius 1 is 0.950 bits per heavy atom. The second-order valence-electron chi connectivity index (χ2n) is 11.4. The van der Waals surface area contributed by atoms with Crippen LogP contribution in [0.1, 0.15) is 36.5 Å². The Labute approximate surface area is 234 Å². The normalized spacial score (nSPS) is 19.9. The fourth-order valence-electron chi connectivity index (χ4n) is 6.64. The number of hydrogen-bond acceptors (Lipinski definition) is 5. The van der Waals surface area contributed by atoms with Crippen LogP contribution in [0.15, 0.2) is 73.2 Å². The van der Waals surface area contributed by atoms with Crippen LogP contribution in [-0.2, 0) is 34.5 Å². The number of aromatic nitrogens is 3. The van der Waals surface area contributed by atoms with Crippen LogP contribution in [0.5, 0.6) is 0 Å². The minimum absolute atomic E-state index is 0.0639. The van der Waals surface area contributed by atoms with E-state index in [9.17, 15) is 9.59 Å². The molecule has 0 bridgehead atoms. The first-order valence-corrected chi connectivity index (χ1v) is 14.3. The number of fused-ring (bicyclic) bond motifs is 2. The molecule has 4 aromatic rings. The summed E-state index contributed by atoms with van der Waals surface area (Å²) < 4.78 is 1.83. The van der Waals surface area contributed by atoms with Crippen LogP contribution in [0, 0.1) is 0 Å². The largest absolute Gasteiger partial charge is 0.367 e. The average Bonchev–Trinajstić information content (AvgIpc) is 3.72. The lowest BCUT2D eigenvalue weighted by molar-refractivity contribution is -0.135. The van der Waals surface area contributed by atoms with Gasteiger partial charge in [-0.2, -0.15) is 0 Å². The first kappa shape index (κ1) is 24.8. The highest BCUT2D eigenvalue weighted by molar-refractivity contribution is 5.91. The lowest BCUT2D eigenvalue weighted by atomic mass is 9.91. The van der Waals surface area contributed by atoms with Gasteiger partial charge < -0.3 is 19.3 Å². The lowest BCUT2D eigenvalue weighted by Gasteiger charge is -2.43. The predicted molar refractivity (Wildman–Crippen MR) is 154 cm³/mol. The first-order valence-electron chi connectivity index (χ1n) is 14.3. The van der Waals surface area contributed by atoms with Gasteiger partial charge in [0.05, 0.1) is 11.7 Å². The standard InChI is InChI=1S/C32H34N6O2/c1-23-19-35(17-18-38(23)29(39)21-37-22-34-27-10-6-15-33-30(27)37)28-11-5-7-24-12-16-36(20-26(24)28)31(40)32(13-14-32)25-8-3-2-4-9-25/h2-11,15,22-23H,12-14,16-21H2,1H3. The molecule has 0 N–H and O–H groups in total. The Morgan fingerprint density at radius 2 is 1.80 bits per heavy atom. The van der Waals surface area contributed by atoms with Crippen molar-refractivity contribution in [1.82, 2.24) is 24.3 Å². The van der Waals surface area contributed by atoms with Gasteiger partial charge in [-0.1, -0.05) is 42.5 Å². The fraction of sp³-hybridized carbons (Fsp3) is 0.375. The number of piperazine rings is 1. The third kappa shape index (κ3) is 4.22. The van der Waals surface area contributed by atoms with Gasteiger partial charge in [-0.15, -0.1) is 0 Å². The highest BCUT2D eigenvalue weighted by atomic mass is 16.2. The highest BCUT2D eigenvalue weighted by Crippen LogP contribution is 2.50. The van der Waals surface area contributed by atoms with E-state index in [1.165, 1.54) is 16.8 Å². The molecule has 0 radical (unpaired) electrons.